The number of methoxy groups -OCH3 is 1. The summed E-state index contributed by atoms with van der Waals surface area (Å²) in [5.41, 5.74) is 2.27. The van der Waals surface area contributed by atoms with Crippen LogP contribution in [0.1, 0.15) is 51.0 Å². The van der Waals surface area contributed by atoms with Gasteiger partial charge in [0.1, 0.15) is 11.6 Å². The summed E-state index contributed by atoms with van der Waals surface area (Å²) in [5, 5.41) is 3.55. The van der Waals surface area contributed by atoms with Crippen molar-refractivity contribution in [2.45, 2.75) is 45.2 Å². The minimum Gasteiger partial charge on any atom is -0.497 e. The predicted molar refractivity (Wildman–Crippen MR) is 81.3 cm³/mol. The largest absolute Gasteiger partial charge is 0.497 e. The third-order valence-electron chi connectivity index (χ3n) is 3.92. The van der Waals surface area contributed by atoms with Crippen LogP contribution in [0.3, 0.4) is 0 Å². The first kappa shape index (κ1) is 13.4. The Hall–Kier alpha value is -1.55. The van der Waals surface area contributed by atoms with Crippen molar-refractivity contribution in [3.05, 3.63) is 24.0 Å². The van der Waals surface area contributed by atoms with Crippen LogP contribution < -0.4 is 10.1 Å². The number of fused-ring (bicyclic) bond motifs is 1. The number of hydrogen-bond donors (Lipinski definition) is 1. The molecule has 1 fully saturated rings. The number of aromatic nitrogens is 2. The van der Waals surface area contributed by atoms with Crippen LogP contribution in [0.15, 0.2) is 18.2 Å². The molecule has 1 aliphatic rings. The molecule has 0 saturated heterocycles. The van der Waals surface area contributed by atoms with Gasteiger partial charge in [0.25, 0.3) is 0 Å². The first-order valence-electron chi connectivity index (χ1n) is 7.53. The van der Waals surface area contributed by atoms with E-state index in [2.05, 4.69) is 29.8 Å². The van der Waals surface area contributed by atoms with Gasteiger partial charge in [0.2, 0.25) is 0 Å². The zero-order chi connectivity index (χ0) is 14.1. The highest BCUT2D eigenvalue weighted by Gasteiger charge is 2.29. The van der Waals surface area contributed by atoms with Gasteiger partial charge in [0.15, 0.2) is 0 Å². The lowest BCUT2D eigenvalue weighted by Gasteiger charge is -2.15. The van der Waals surface area contributed by atoms with Crippen LogP contribution in [-0.2, 0) is 0 Å². The van der Waals surface area contributed by atoms with E-state index in [1.54, 1.807) is 7.11 Å². The molecule has 1 saturated carbocycles. The molecule has 108 valence electrons. The van der Waals surface area contributed by atoms with E-state index in [9.17, 15) is 0 Å². The Labute approximate surface area is 120 Å². The zero-order valence-electron chi connectivity index (χ0n) is 12.5. The molecule has 1 N–H and O–H groups in total. The van der Waals surface area contributed by atoms with Gasteiger partial charge in [0, 0.05) is 12.1 Å². The lowest BCUT2D eigenvalue weighted by atomic mass is 10.3. The third kappa shape index (κ3) is 2.40. The minimum absolute atomic E-state index is 0.286. The van der Waals surface area contributed by atoms with E-state index in [4.69, 9.17) is 9.72 Å². The maximum Gasteiger partial charge on any atom is 0.127 e. The quantitative estimate of drug-likeness (QED) is 0.876. The van der Waals surface area contributed by atoms with Gasteiger partial charge in [0.05, 0.1) is 24.2 Å². The van der Waals surface area contributed by atoms with Gasteiger partial charge in [-0.25, -0.2) is 4.98 Å². The summed E-state index contributed by atoms with van der Waals surface area (Å²) in [6, 6.07) is 7.11. The van der Waals surface area contributed by atoms with Crippen LogP contribution in [0.25, 0.3) is 11.0 Å². The molecule has 20 heavy (non-hydrogen) atoms. The highest BCUT2D eigenvalue weighted by Crippen LogP contribution is 2.40. The second kappa shape index (κ2) is 5.44. The molecule has 1 aromatic heterocycles. The molecule has 1 unspecified atom stereocenters. The Morgan fingerprint density at radius 2 is 2.25 bits per heavy atom. The molecule has 0 bridgehead atoms. The van der Waals surface area contributed by atoms with Crippen LogP contribution in [0.5, 0.6) is 5.75 Å². The molecule has 1 aromatic carbocycles. The second-order valence-corrected chi connectivity index (χ2v) is 5.60. The Bertz CT molecular complexity index is 601. The fourth-order valence-electron chi connectivity index (χ4n) is 2.70. The molecule has 4 nitrogen and oxygen atoms in total. The van der Waals surface area contributed by atoms with E-state index in [1.165, 1.54) is 18.4 Å². The van der Waals surface area contributed by atoms with Gasteiger partial charge in [-0.05, 0) is 44.9 Å². The number of nitrogens with one attached hydrogen (secondary N) is 1. The van der Waals surface area contributed by atoms with Crippen LogP contribution >= 0.6 is 0 Å². The molecular formula is C16H23N3O. The fourth-order valence-corrected chi connectivity index (χ4v) is 2.70. The Balaban J connectivity index is 2.03. The highest BCUT2D eigenvalue weighted by molar-refractivity contribution is 5.78. The van der Waals surface area contributed by atoms with E-state index >= 15 is 0 Å². The molecule has 1 atom stereocenters. The standard InChI is InChI=1S/C16H23N3O/c1-4-9-17-11(2)16-18-14-10-13(20-3)7-8-15(14)19(16)12-5-6-12/h7-8,10-12,17H,4-6,9H2,1-3H3. The van der Waals surface area contributed by atoms with Gasteiger partial charge >= 0.3 is 0 Å². The number of hydrogen-bond acceptors (Lipinski definition) is 3. The van der Waals surface area contributed by atoms with Gasteiger partial charge in [-0.1, -0.05) is 6.92 Å². The normalized spacial score (nSPS) is 16.6. The Kier molecular flexibility index (Phi) is 3.66. The van der Waals surface area contributed by atoms with Crippen molar-refractivity contribution in [3.63, 3.8) is 0 Å². The number of nitrogens with zero attached hydrogens (tertiary/aromatic N) is 2. The monoisotopic (exact) mass is 273 g/mol. The molecule has 0 radical (unpaired) electrons. The van der Waals surface area contributed by atoms with Gasteiger partial charge in [-0.15, -0.1) is 0 Å². The van der Waals surface area contributed by atoms with Crippen molar-refractivity contribution in [3.8, 4) is 5.75 Å². The van der Waals surface area contributed by atoms with E-state index in [1.807, 2.05) is 12.1 Å². The van der Waals surface area contributed by atoms with Crippen LogP contribution in [-0.4, -0.2) is 23.2 Å². The number of rotatable bonds is 6. The van der Waals surface area contributed by atoms with Crippen molar-refractivity contribution >= 4 is 11.0 Å². The van der Waals surface area contributed by atoms with Crippen LogP contribution in [0.2, 0.25) is 0 Å². The number of benzene rings is 1. The first-order chi connectivity index (χ1) is 9.74. The Morgan fingerprint density at radius 3 is 2.90 bits per heavy atom. The molecule has 1 heterocycles. The summed E-state index contributed by atoms with van der Waals surface area (Å²) in [4.78, 5) is 4.86. The Morgan fingerprint density at radius 1 is 1.45 bits per heavy atom. The van der Waals surface area contributed by atoms with Crippen molar-refractivity contribution in [2.24, 2.45) is 0 Å². The summed E-state index contributed by atoms with van der Waals surface area (Å²) in [6.45, 7) is 5.42. The van der Waals surface area contributed by atoms with Gasteiger partial charge in [-0.3, -0.25) is 0 Å². The van der Waals surface area contributed by atoms with Gasteiger partial charge in [-0.2, -0.15) is 0 Å². The molecule has 0 aliphatic heterocycles. The topological polar surface area (TPSA) is 39.1 Å². The second-order valence-electron chi connectivity index (χ2n) is 5.60. The fraction of sp³-hybridized carbons (Fsp3) is 0.562. The summed E-state index contributed by atoms with van der Waals surface area (Å²) in [6.07, 6.45) is 3.68. The molecule has 4 heteroatoms. The maximum atomic E-state index is 5.31. The molecule has 0 amide bonds. The number of imidazole rings is 1. The SMILES string of the molecule is CCCNC(C)c1nc2cc(OC)ccc2n1C1CC1. The summed E-state index contributed by atoms with van der Waals surface area (Å²) < 4.78 is 7.73. The molecule has 2 aromatic rings. The maximum absolute atomic E-state index is 5.31. The number of ether oxygens (including phenoxy) is 1. The van der Waals surface area contributed by atoms with E-state index in [-0.39, 0.29) is 6.04 Å². The van der Waals surface area contributed by atoms with E-state index in [0.29, 0.717) is 6.04 Å². The van der Waals surface area contributed by atoms with Crippen molar-refractivity contribution in [2.75, 3.05) is 13.7 Å². The lowest BCUT2D eigenvalue weighted by Crippen LogP contribution is -2.22. The van der Waals surface area contributed by atoms with Crippen LogP contribution in [0, 0.1) is 0 Å². The highest BCUT2D eigenvalue weighted by atomic mass is 16.5. The van der Waals surface area contributed by atoms with Crippen molar-refractivity contribution in [1.82, 2.24) is 14.9 Å². The van der Waals surface area contributed by atoms with E-state index in [0.717, 1.165) is 30.1 Å². The lowest BCUT2D eigenvalue weighted by molar-refractivity contribution is 0.415. The zero-order valence-corrected chi connectivity index (χ0v) is 12.5. The van der Waals surface area contributed by atoms with Crippen molar-refractivity contribution < 1.29 is 4.74 Å². The predicted octanol–water partition coefficient (Wildman–Crippen LogP) is 3.44. The average Bonchev–Trinajstić information content (AvgIpc) is 3.24. The van der Waals surface area contributed by atoms with E-state index < -0.39 is 0 Å². The minimum atomic E-state index is 0.286. The summed E-state index contributed by atoms with van der Waals surface area (Å²) in [5.74, 6) is 2.03. The molecule has 3 rings (SSSR count). The molecular weight excluding hydrogens is 250 g/mol. The third-order valence-corrected chi connectivity index (χ3v) is 3.92. The first-order valence-corrected chi connectivity index (χ1v) is 7.53. The van der Waals surface area contributed by atoms with Crippen LogP contribution in [0.4, 0.5) is 0 Å². The molecule has 0 spiro atoms. The van der Waals surface area contributed by atoms with Crippen molar-refractivity contribution in [1.29, 1.82) is 0 Å². The smallest absolute Gasteiger partial charge is 0.127 e. The molecule has 1 aliphatic carbocycles. The average molecular weight is 273 g/mol. The van der Waals surface area contributed by atoms with Gasteiger partial charge < -0.3 is 14.6 Å². The summed E-state index contributed by atoms with van der Waals surface area (Å²) in [7, 11) is 1.70. The summed E-state index contributed by atoms with van der Waals surface area (Å²) >= 11 is 0.